The van der Waals surface area contributed by atoms with Crippen molar-refractivity contribution in [3.05, 3.63) is 46.1 Å². The molecule has 9 heteroatoms. The molecule has 0 amide bonds. The summed E-state index contributed by atoms with van der Waals surface area (Å²) in [6.07, 6.45) is -4.14. The molecular formula is C23H24O9. The minimum atomic E-state index is -1.29. The number of hydrogen-bond acceptors (Lipinski definition) is 9. The molecule has 5 unspecified atom stereocenters. The highest BCUT2D eigenvalue weighted by Gasteiger charge is 2.42. The molecule has 0 saturated carbocycles. The van der Waals surface area contributed by atoms with Gasteiger partial charge in [-0.3, -0.25) is 4.79 Å². The second-order valence-electron chi connectivity index (χ2n) is 8.10. The summed E-state index contributed by atoms with van der Waals surface area (Å²) in [6.45, 7) is 4.91. The highest BCUT2D eigenvalue weighted by atomic mass is 16.7. The number of aliphatic hydroxyl groups excluding tert-OH is 2. The quantitative estimate of drug-likeness (QED) is 0.410. The summed E-state index contributed by atoms with van der Waals surface area (Å²) in [7, 11) is 0. The number of hydrogen-bond donors (Lipinski definition) is 5. The molecule has 0 radical (unpaired) electrons. The topological polar surface area (TPSA) is 150 Å². The van der Waals surface area contributed by atoms with Gasteiger partial charge in [-0.1, -0.05) is 6.92 Å². The van der Waals surface area contributed by atoms with Gasteiger partial charge in [-0.05, 0) is 37.6 Å². The normalized spacial score (nSPS) is 25.7. The molecule has 0 aliphatic carbocycles. The van der Waals surface area contributed by atoms with Gasteiger partial charge in [-0.15, -0.1) is 0 Å². The minimum Gasteiger partial charge on any atom is -0.508 e. The molecule has 170 valence electrons. The predicted octanol–water partition coefficient (Wildman–Crippen LogP) is 2.37. The molecular weight excluding hydrogens is 420 g/mol. The number of fused-ring (bicyclic) bond motifs is 1. The van der Waals surface area contributed by atoms with E-state index in [9.17, 15) is 30.3 Å². The summed E-state index contributed by atoms with van der Waals surface area (Å²) in [4.78, 5) is 13.4. The van der Waals surface area contributed by atoms with Crippen molar-refractivity contribution in [3.63, 3.8) is 0 Å². The van der Waals surface area contributed by atoms with E-state index in [1.54, 1.807) is 26.8 Å². The number of aryl methyl sites for hydroxylation is 1. The zero-order valence-corrected chi connectivity index (χ0v) is 17.6. The van der Waals surface area contributed by atoms with Gasteiger partial charge in [-0.25, -0.2) is 0 Å². The Morgan fingerprint density at radius 1 is 0.969 bits per heavy atom. The van der Waals surface area contributed by atoms with Crippen LogP contribution in [-0.2, 0) is 4.74 Å². The van der Waals surface area contributed by atoms with Crippen molar-refractivity contribution >= 4 is 11.0 Å². The summed E-state index contributed by atoms with van der Waals surface area (Å²) < 4.78 is 17.3. The first-order chi connectivity index (χ1) is 15.1. The van der Waals surface area contributed by atoms with Crippen molar-refractivity contribution in [3.8, 4) is 34.3 Å². The first kappa shape index (κ1) is 21.9. The minimum absolute atomic E-state index is 0.0392. The molecule has 2 heterocycles. The van der Waals surface area contributed by atoms with Crippen LogP contribution in [0.3, 0.4) is 0 Å². The van der Waals surface area contributed by atoms with E-state index >= 15 is 0 Å². The van der Waals surface area contributed by atoms with E-state index in [2.05, 4.69) is 0 Å². The Bertz CT molecular complexity index is 1230. The Balaban J connectivity index is 1.92. The van der Waals surface area contributed by atoms with Crippen LogP contribution in [0.25, 0.3) is 22.3 Å². The number of benzene rings is 2. The molecule has 2 aromatic carbocycles. The maximum atomic E-state index is 13.4. The molecule has 5 N–H and O–H groups in total. The van der Waals surface area contributed by atoms with E-state index in [0.29, 0.717) is 11.1 Å². The lowest BCUT2D eigenvalue weighted by Gasteiger charge is -2.39. The molecule has 0 spiro atoms. The average molecular weight is 444 g/mol. The van der Waals surface area contributed by atoms with E-state index in [4.69, 9.17) is 13.9 Å². The number of rotatable bonds is 3. The van der Waals surface area contributed by atoms with Gasteiger partial charge in [0.05, 0.1) is 12.2 Å². The number of phenolic OH excluding ortho intramolecular Hbond substituents is 3. The number of phenols is 3. The average Bonchev–Trinajstić information content (AvgIpc) is 2.73. The molecule has 0 bridgehead atoms. The zero-order chi connectivity index (χ0) is 23.3. The van der Waals surface area contributed by atoms with Gasteiger partial charge in [0.2, 0.25) is 17.5 Å². The molecule has 1 aromatic heterocycles. The summed E-state index contributed by atoms with van der Waals surface area (Å²) in [5, 5.41) is 50.4. The van der Waals surface area contributed by atoms with Crippen LogP contribution in [0.2, 0.25) is 0 Å². The summed E-state index contributed by atoms with van der Waals surface area (Å²) in [6, 6.07) is 6.69. The lowest BCUT2D eigenvalue weighted by Crippen LogP contribution is -2.54. The van der Waals surface area contributed by atoms with E-state index in [0.717, 1.165) is 6.07 Å². The fourth-order valence-corrected chi connectivity index (χ4v) is 3.83. The third kappa shape index (κ3) is 3.64. The summed E-state index contributed by atoms with van der Waals surface area (Å²) >= 11 is 0. The molecule has 9 nitrogen and oxygen atoms in total. The fraction of sp³-hybridized carbons (Fsp3) is 0.348. The monoisotopic (exact) mass is 444 g/mol. The van der Waals surface area contributed by atoms with Crippen LogP contribution in [0, 0.1) is 12.8 Å². The Labute approximate surface area is 182 Å². The first-order valence-corrected chi connectivity index (χ1v) is 10.1. The molecule has 1 saturated heterocycles. The van der Waals surface area contributed by atoms with Crippen LogP contribution >= 0.6 is 0 Å². The fourth-order valence-electron chi connectivity index (χ4n) is 3.83. The number of aliphatic hydroxyl groups is 2. The molecule has 3 aromatic rings. The van der Waals surface area contributed by atoms with Gasteiger partial charge in [0.25, 0.3) is 0 Å². The van der Waals surface area contributed by atoms with Crippen LogP contribution in [0.1, 0.15) is 19.4 Å². The standard InChI is InChI=1S/C23H24O9/c1-9-6-12(4-5-14(9)25)21-22(32-23-19(28)10(2)18(27)11(3)30-23)20(29)17-15(26)7-13(24)8-16(17)31-21/h4-8,10-11,18-19,23-28H,1-3H3. The van der Waals surface area contributed by atoms with Crippen molar-refractivity contribution < 1.29 is 39.4 Å². The second kappa shape index (κ2) is 8.01. The van der Waals surface area contributed by atoms with Crippen molar-refractivity contribution in [1.29, 1.82) is 0 Å². The van der Waals surface area contributed by atoms with Crippen LogP contribution in [0.5, 0.6) is 23.0 Å². The van der Waals surface area contributed by atoms with E-state index in [-0.39, 0.29) is 34.0 Å². The Morgan fingerprint density at radius 2 is 1.69 bits per heavy atom. The first-order valence-electron chi connectivity index (χ1n) is 10.1. The molecule has 4 rings (SSSR count). The van der Waals surface area contributed by atoms with E-state index in [1.165, 1.54) is 18.2 Å². The van der Waals surface area contributed by atoms with Crippen LogP contribution in [-0.4, -0.2) is 50.1 Å². The predicted molar refractivity (Wildman–Crippen MR) is 114 cm³/mol. The smallest absolute Gasteiger partial charge is 0.239 e. The largest absolute Gasteiger partial charge is 0.508 e. The lowest BCUT2D eigenvalue weighted by atomic mass is 9.91. The SMILES string of the molecule is Cc1cc(-c2oc3cc(O)cc(O)c3c(=O)c2OC2OC(C)C(O)C(C)C2O)ccc1O. The van der Waals surface area contributed by atoms with Crippen LogP contribution in [0.15, 0.2) is 39.5 Å². The maximum absolute atomic E-state index is 13.4. The van der Waals surface area contributed by atoms with Crippen molar-refractivity contribution in [2.45, 2.75) is 45.4 Å². The number of ether oxygens (including phenoxy) is 2. The van der Waals surface area contributed by atoms with Crippen LogP contribution in [0.4, 0.5) is 0 Å². The van der Waals surface area contributed by atoms with E-state index < -0.39 is 41.7 Å². The Hall–Kier alpha value is -3.27. The third-order valence-corrected chi connectivity index (χ3v) is 5.80. The van der Waals surface area contributed by atoms with Crippen molar-refractivity contribution in [1.82, 2.24) is 0 Å². The molecule has 32 heavy (non-hydrogen) atoms. The van der Waals surface area contributed by atoms with Gasteiger partial charge >= 0.3 is 0 Å². The van der Waals surface area contributed by atoms with Crippen molar-refractivity contribution in [2.75, 3.05) is 0 Å². The molecule has 1 fully saturated rings. The third-order valence-electron chi connectivity index (χ3n) is 5.80. The highest BCUT2D eigenvalue weighted by Crippen LogP contribution is 2.38. The molecule has 1 aliphatic heterocycles. The second-order valence-corrected chi connectivity index (χ2v) is 8.10. The summed E-state index contributed by atoms with van der Waals surface area (Å²) in [5.74, 6) is -1.74. The zero-order valence-electron chi connectivity index (χ0n) is 17.6. The van der Waals surface area contributed by atoms with Gasteiger partial charge in [-0.2, -0.15) is 0 Å². The Kier molecular flexibility index (Phi) is 5.49. The van der Waals surface area contributed by atoms with Gasteiger partial charge in [0, 0.05) is 23.6 Å². The maximum Gasteiger partial charge on any atom is 0.239 e. The van der Waals surface area contributed by atoms with E-state index in [1.807, 2.05) is 0 Å². The summed E-state index contributed by atoms with van der Waals surface area (Å²) in [5.41, 5.74) is 0.0624. The molecule has 5 atom stereocenters. The highest BCUT2D eigenvalue weighted by molar-refractivity contribution is 5.88. The molecule has 1 aliphatic rings. The van der Waals surface area contributed by atoms with Crippen LogP contribution < -0.4 is 10.2 Å². The number of aromatic hydroxyl groups is 3. The van der Waals surface area contributed by atoms with Gasteiger partial charge in [0.15, 0.2) is 5.76 Å². The lowest BCUT2D eigenvalue weighted by molar-refractivity contribution is -0.250. The Morgan fingerprint density at radius 3 is 2.38 bits per heavy atom. The van der Waals surface area contributed by atoms with Crippen molar-refractivity contribution in [2.24, 2.45) is 5.92 Å². The van der Waals surface area contributed by atoms with Gasteiger partial charge in [0.1, 0.15) is 34.3 Å². The van der Waals surface area contributed by atoms with Gasteiger partial charge < -0.3 is 39.4 Å².